The molecule has 1 N–H and O–H groups in total. The zero-order valence-electron chi connectivity index (χ0n) is 18.3. The summed E-state index contributed by atoms with van der Waals surface area (Å²) < 4.78 is 5.47. The van der Waals surface area contributed by atoms with Crippen LogP contribution in [0.1, 0.15) is 37.8 Å². The summed E-state index contributed by atoms with van der Waals surface area (Å²) in [5.74, 6) is 0.0162. The topological polar surface area (TPSA) is 79.0 Å². The average molecular weight is 434 g/mol. The van der Waals surface area contributed by atoms with Crippen LogP contribution in [0.2, 0.25) is 0 Å². The van der Waals surface area contributed by atoms with E-state index in [9.17, 15) is 14.4 Å². The molecule has 0 spiro atoms. The van der Waals surface area contributed by atoms with Gasteiger partial charge in [0.05, 0.1) is 5.69 Å². The van der Waals surface area contributed by atoms with Crippen molar-refractivity contribution in [2.24, 2.45) is 5.92 Å². The minimum Gasteiger partial charge on any atom is -0.436 e. The second kappa shape index (κ2) is 7.97. The number of alkyl carbamates (subject to hydrolysis) is 1. The number of likely N-dealkylation sites (N-methyl/N-ethyl adjacent to an activating group) is 1. The average Bonchev–Trinajstić information content (AvgIpc) is 3.60. The first-order chi connectivity index (χ1) is 15.5. The number of likely N-dealkylation sites (tertiary alicyclic amines) is 1. The smallest absolute Gasteiger partial charge is 0.407 e. The van der Waals surface area contributed by atoms with Gasteiger partial charge in [-0.25, -0.2) is 4.79 Å². The zero-order chi connectivity index (χ0) is 22.4. The molecule has 0 aromatic heterocycles. The Morgan fingerprint density at radius 2 is 1.72 bits per heavy atom. The van der Waals surface area contributed by atoms with E-state index in [-0.39, 0.29) is 17.9 Å². The molecule has 3 atom stereocenters. The molecule has 3 unspecified atom stereocenters. The van der Waals surface area contributed by atoms with Crippen LogP contribution in [0.25, 0.3) is 11.1 Å². The number of benzene rings is 2. The normalized spacial score (nSPS) is 24.6. The van der Waals surface area contributed by atoms with Crippen LogP contribution in [0.3, 0.4) is 0 Å². The summed E-state index contributed by atoms with van der Waals surface area (Å²) in [5.41, 5.74) is 3.47. The predicted molar refractivity (Wildman–Crippen MR) is 120 cm³/mol. The summed E-state index contributed by atoms with van der Waals surface area (Å²) in [6, 6.07) is 14.4. The highest BCUT2D eigenvalue weighted by atomic mass is 16.6. The van der Waals surface area contributed by atoms with Gasteiger partial charge in [0.2, 0.25) is 0 Å². The Morgan fingerprint density at radius 3 is 2.47 bits per heavy atom. The summed E-state index contributed by atoms with van der Waals surface area (Å²) in [7, 11) is 1.74. The Hall–Kier alpha value is -3.35. The quantitative estimate of drug-likeness (QED) is 0.801. The molecule has 3 amide bonds. The number of anilines is 1. The molecule has 7 nitrogen and oxygen atoms in total. The standard InChI is InChI=1S/C25H27N3O4/c1-15-13-21(32-25(31)26-14-16-11-12-16)23(29)28(15)22-19-9-4-3-7-17(19)18-8-5-6-10-20(18)27(2)24(22)30/h3-10,15-16,21-22H,11-14H2,1-2H3,(H,26,31). The summed E-state index contributed by atoms with van der Waals surface area (Å²) in [6.45, 7) is 2.48. The van der Waals surface area contributed by atoms with Gasteiger partial charge in [0, 0.05) is 31.6 Å². The molecule has 2 aromatic carbocycles. The van der Waals surface area contributed by atoms with E-state index in [4.69, 9.17) is 4.74 Å². The van der Waals surface area contributed by atoms with Gasteiger partial charge in [-0.05, 0) is 42.9 Å². The Balaban J connectivity index is 1.46. The van der Waals surface area contributed by atoms with Gasteiger partial charge in [0.1, 0.15) is 6.04 Å². The second-order valence-corrected chi connectivity index (χ2v) is 8.95. The summed E-state index contributed by atoms with van der Waals surface area (Å²) >= 11 is 0. The predicted octanol–water partition coefficient (Wildman–Crippen LogP) is 3.50. The largest absolute Gasteiger partial charge is 0.436 e. The van der Waals surface area contributed by atoms with Crippen LogP contribution in [0.15, 0.2) is 48.5 Å². The summed E-state index contributed by atoms with van der Waals surface area (Å²) in [5, 5.41) is 2.75. The van der Waals surface area contributed by atoms with E-state index < -0.39 is 18.2 Å². The highest BCUT2D eigenvalue weighted by Crippen LogP contribution is 2.43. The van der Waals surface area contributed by atoms with Crippen LogP contribution in [-0.4, -0.2) is 48.5 Å². The molecule has 2 aromatic rings. The van der Waals surface area contributed by atoms with Crippen LogP contribution in [0.5, 0.6) is 0 Å². The van der Waals surface area contributed by atoms with Crippen LogP contribution in [0, 0.1) is 5.92 Å². The lowest BCUT2D eigenvalue weighted by Gasteiger charge is -2.32. The number of rotatable bonds is 4. The van der Waals surface area contributed by atoms with Crippen molar-refractivity contribution in [2.75, 3.05) is 18.5 Å². The van der Waals surface area contributed by atoms with Crippen molar-refractivity contribution in [3.05, 3.63) is 54.1 Å². The van der Waals surface area contributed by atoms with Gasteiger partial charge in [-0.15, -0.1) is 0 Å². The van der Waals surface area contributed by atoms with E-state index in [0.29, 0.717) is 18.9 Å². The summed E-state index contributed by atoms with van der Waals surface area (Å²) in [4.78, 5) is 42.5. The number of para-hydroxylation sites is 1. The molecule has 7 heteroatoms. The van der Waals surface area contributed by atoms with Crippen molar-refractivity contribution in [3.8, 4) is 11.1 Å². The molecule has 1 aliphatic carbocycles. The SMILES string of the molecule is CC1CC(OC(=O)NCC2CC2)C(=O)N1C1C(=O)N(C)c2ccccc2-c2ccccc21. The van der Waals surface area contributed by atoms with E-state index in [0.717, 1.165) is 35.2 Å². The fourth-order valence-corrected chi connectivity index (χ4v) is 4.79. The van der Waals surface area contributed by atoms with E-state index in [1.54, 1.807) is 16.8 Å². The molecule has 2 aliphatic heterocycles. The van der Waals surface area contributed by atoms with Gasteiger partial charge in [0.15, 0.2) is 6.10 Å². The third-order valence-corrected chi connectivity index (χ3v) is 6.69. The number of hydrogen-bond acceptors (Lipinski definition) is 4. The van der Waals surface area contributed by atoms with Crippen molar-refractivity contribution in [1.82, 2.24) is 10.2 Å². The van der Waals surface area contributed by atoms with Gasteiger partial charge in [-0.1, -0.05) is 42.5 Å². The first-order valence-electron chi connectivity index (χ1n) is 11.2. The molecule has 2 fully saturated rings. The van der Waals surface area contributed by atoms with Gasteiger partial charge >= 0.3 is 6.09 Å². The van der Waals surface area contributed by atoms with Gasteiger partial charge in [-0.3, -0.25) is 9.59 Å². The maximum atomic E-state index is 13.7. The number of carbonyl (C=O) groups excluding carboxylic acids is 3. The Morgan fingerprint density at radius 1 is 1.03 bits per heavy atom. The van der Waals surface area contributed by atoms with Crippen LogP contribution in [0.4, 0.5) is 10.5 Å². The Bertz CT molecular complexity index is 1080. The molecule has 2 heterocycles. The molecular formula is C25H27N3O4. The molecule has 3 aliphatic rings. The van der Waals surface area contributed by atoms with E-state index >= 15 is 0 Å². The van der Waals surface area contributed by atoms with Gasteiger partial charge in [-0.2, -0.15) is 0 Å². The molecular weight excluding hydrogens is 406 g/mol. The third-order valence-electron chi connectivity index (χ3n) is 6.69. The van der Waals surface area contributed by atoms with Gasteiger partial charge in [0.25, 0.3) is 11.8 Å². The Kier molecular flexibility index (Phi) is 5.12. The van der Waals surface area contributed by atoms with Crippen LogP contribution < -0.4 is 10.2 Å². The molecule has 166 valence electrons. The molecule has 32 heavy (non-hydrogen) atoms. The van der Waals surface area contributed by atoms with E-state index in [2.05, 4.69) is 5.32 Å². The maximum Gasteiger partial charge on any atom is 0.407 e. The highest BCUT2D eigenvalue weighted by molar-refractivity contribution is 6.06. The number of nitrogens with one attached hydrogen (secondary N) is 1. The number of fused-ring (bicyclic) bond motifs is 3. The van der Waals surface area contributed by atoms with Gasteiger partial charge < -0.3 is 19.9 Å². The lowest BCUT2D eigenvalue weighted by atomic mass is 9.94. The lowest BCUT2D eigenvalue weighted by Crippen LogP contribution is -2.45. The van der Waals surface area contributed by atoms with Crippen molar-refractivity contribution in [1.29, 1.82) is 0 Å². The van der Waals surface area contributed by atoms with Crippen LogP contribution >= 0.6 is 0 Å². The minimum absolute atomic E-state index is 0.179. The third kappa shape index (κ3) is 3.51. The minimum atomic E-state index is -0.889. The number of nitrogens with zero attached hydrogens (tertiary/aromatic N) is 2. The summed E-state index contributed by atoms with van der Waals surface area (Å²) in [6.07, 6.45) is 1.14. The molecule has 0 bridgehead atoms. The fourth-order valence-electron chi connectivity index (χ4n) is 4.79. The molecule has 1 saturated heterocycles. The van der Waals surface area contributed by atoms with Crippen molar-refractivity contribution >= 4 is 23.6 Å². The molecule has 1 saturated carbocycles. The van der Waals surface area contributed by atoms with Crippen molar-refractivity contribution < 1.29 is 19.1 Å². The first-order valence-corrected chi connectivity index (χ1v) is 11.2. The lowest BCUT2D eigenvalue weighted by molar-refractivity contribution is -0.142. The number of hydrogen-bond donors (Lipinski definition) is 1. The van der Waals surface area contributed by atoms with E-state index in [1.807, 2.05) is 55.5 Å². The Labute approximate surface area is 187 Å². The zero-order valence-corrected chi connectivity index (χ0v) is 18.3. The number of ether oxygens (including phenoxy) is 1. The van der Waals surface area contributed by atoms with Crippen molar-refractivity contribution in [3.63, 3.8) is 0 Å². The number of carbonyl (C=O) groups is 3. The van der Waals surface area contributed by atoms with E-state index in [1.165, 1.54) is 0 Å². The molecule has 0 radical (unpaired) electrons. The van der Waals surface area contributed by atoms with Crippen LogP contribution in [-0.2, 0) is 14.3 Å². The second-order valence-electron chi connectivity index (χ2n) is 8.95. The maximum absolute atomic E-state index is 13.7. The first kappa shape index (κ1) is 20.5. The highest BCUT2D eigenvalue weighted by Gasteiger charge is 2.48. The molecule has 5 rings (SSSR count). The van der Waals surface area contributed by atoms with Crippen molar-refractivity contribution in [2.45, 2.75) is 44.4 Å². The fraction of sp³-hybridized carbons (Fsp3) is 0.400. The number of amides is 3. The monoisotopic (exact) mass is 433 g/mol.